The molecule has 0 aromatic carbocycles. The molecule has 3 heterocycles. The van der Waals surface area contributed by atoms with Crippen LogP contribution in [0.15, 0.2) is 73.2 Å². The van der Waals surface area contributed by atoms with Gasteiger partial charge >= 0.3 is 17.4 Å². The fraction of sp³-hybridized carbons (Fsp3) is 0.0625. The van der Waals surface area contributed by atoms with Gasteiger partial charge in [0.1, 0.15) is 0 Å². The summed E-state index contributed by atoms with van der Waals surface area (Å²) < 4.78 is 0. The van der Waals surface area contributed by atoms with E-state index in [0.29, 0.717) is 0 Å². The Morgan fingerprint density at radius 1 is 0.500 bits per heavy atom. The zero-order valence-electron chi connectivity index (χ0n) is 10.2. The maximum atomic E-state index is 3.66. The van der Waals surface area contributed by atoms with Crippen molar-refractivity contribution >= 4 is 0 Å². The van der Waals surface area contributed by atoms with Crippen LogP contribution in [-0.2, 0) is 17.4 Å². The van der Waals surface area contributed by atoms with Crippen LogP contribution in [-0.4, -0.2) is 15.0 Å². The number of hydrogen-bond donors (Lipinski definition) is 0. The molecule has 0 bridgehead atoms. The minimum Gasteiger partial charge on any atom is -0.394 e. The Morgan fingerprint density at radius 2 is 0.800 bits per heavy atom. The maximum absolute atomic E-state index is 3.66. The van der Waals surface area contributed by atoms with E-state index in [1.165, 1.54) is 0 Å². The molecule has 0 saturated carbocycles. The molecule has 0 atom stereocenters. The molecule has 0 saturated heterocycles. The van der Waals surface area contributed by atoms with Crippen LogP contribution in [0.4, 0.5) is 0 Å². The van der Waals surface area contributed by atoms with Gasteiger partial charge in [0.25, 0.3) is 0 Å². The number of pyridine rings is 3. The number of nitrogens with zero attached hydrogens (tertiary/aromatic N) is 3. The Hall–Kier alpha value is -2.02. The predicted octanol–water partition coefficient (Wildman–Crippen LogP) is 3.28. The molecule has 0 unspecified atom stereocenters. The van der Waals surface area contributed by atoms with E-state index < -0.39 is 0 Å². The largest absolute Gasteiger partial charge is 3.00 e. The summed E-state index contributed by atoms with van der Waals surface area (Å²) in [5.41, 5.74) is 0. The van der Waals surface area contributed by atoms with Crippen molar-refractivity contribution in [2.24, 2.45) is 0 Å². The zero-order valence-corrected chi connectivity index (χ0v) is 11.5. The van der Waals surface area contributed by atoms with Crippen LogP contribution >= 0.6 is 0 Å². The summed E-state index contributed by atoms with van der Waals surface area (Å²) in [7, 11) is 0. The van der Waals surface area contributed by atoms with Crippen LogP contribution in [0.1, 0.15) is 7.43 Å². The zero-order chi connectivity index (χ0) is 12.7. The molecule has 1 radical (unpaired) electrons. The summed E-state index contributed by atoms with van der Waals surface area (Å²) in [4.78, 5) is 11.0. The van der Waals surface area contributed by atoms with Crippen LogP contribution in [0.2, 0.25) is 0 Å². The minimum atomic E-state index is 0. The van der Waals surface area contributed by atoms with Crippen molar-refractivity contribution in [1.29, 1.82) is 0 Å². The van der Waals surface area contributed by atoms with Crippen molar-refractivity contribution in [3.05, 3.63) is 91.8 Å². The van der Waals surface area contributed by atoms with Gasteiger partial charge in [-0.2, -0.15) is 54.6 Å². The summed E-state index contributed by atoms with van der Waals surface area (Å²) in [5, 5.41) is 0. The number of hydrogen-bond acceptors (Lipinski definition) is 3. The van der Waals surface area contributed by atoms with Crippen molar-refractivity contribution in [2.45, 2.75) is 7.43 Å². The number of rotatable bonds is 0. The van der Waals surface area contributed by atoms with E-state index in [4.69, 9.17) is 0 Å². The Kier molecular flexibility index (Phi) is 17.2. The molecule has 0 amide bonds. The maximum Gasteiger partial charge on any atom is 3.00 e. The van der Waals surface area contributed by atoms with Crippen LogP contribution in [0, 0.1) is 18.6 Å². The van der Waals surface area contributed by atoms with E-state index in [0.717, 1.165) is 0 Å². The molecular formula is C16H16CrN3. The first-order chi connectivity index (χ1) is 9.00. The van der Waals surface area contributed by atoms with E-state index in [2.05, 4.69) is 33.5 Å². The second-order valence-corrected chi connectivity index (χ2v) is 2.88. The standard InChI is InChI=1S/3C5H4N.CH4.Cr/c3*1-2-4-6-5-3-1;;/h3*1-4H;1H4;/q3*-1;;+3. The summed E-state index contributed by atoms with van der Waals surface area (Å²) in [6, 6.07) is 16.5. The van der Waals surface area contributed by atoms with Gasteiger partial charge in [-0.3, -0.25) is 0 Å². The molecule has 0 aliphatic carbocycles. The predicted molar refractivity (Wildman–Crippen MR) is 76.0 cm³/mol. The second-order valence-electron chi connectivity index (χ2n) is 2.88. The quantitative estimate of drug-likeness (QED) is 0.598. The second kappa shape index (κ2) is 17.0. The van der Waals surface area contributed by atoms with E-state index in [-0.39, 0.29) is 24.8 Å². The van der Waals surface area contributed by atoms with Gasteiger partial charge in [0.2, 0.25) is 0 Å². The summed E-state index contributed by atoms with van der Waals surface area (Å²) >= 11 is 0. The van der Waals surface area contributed by atoms with Crippen LogP contribution in [0.5, 0.6) is 0 Å². The summed E-state index contributed by atoms with van der Waals surface area (Å²) in [6.07, 6.45) is 13.0. The molecule has 3 aromatic rings. The molecule has 0 aliphatic rings. The smallest absolute Gasteiger partial charge is 0.394 e. The van der Waals surface area contributed by atoms with Crippen LogP contribution in [0.25, 0.3) is 0 Å². The van der Waals surface area contributed by atoms with Crippen molar-refractivity contribution in [2.75, 3.05) is 0 Å². The molecule has 101 valence electrons. The van der Waals surface area contributed by atoms with Gasteiger partial charge in [-0.25, -0.2) is 0 Å². The molecule has 4 heteroatoms. The third-order valence-electron chi connectivity index (χ3n) is 1.55. The molecule has 0 spiro atoms. The molecule has 0 N–H and O–H groups in total. The fourth-order valence-electron chi connectivity index (χ4n) is 0.832. The van der Waals surface area contributed by atoms with Crippen LogP contribution < -0.4 is 0 Å². The Morgan fingerprint density at radius 3 is 0.850 bits per heavy atom. The van der Waals surface area contributed by atoms with E-state index >= 15 is 0 Å². The average Bonchev–Trinajstić information content (AvgIpc) is 2.54. The van der Waals surface area contributed by atoms with Gasteiger partial charge in [-0.05, 0) is 0 Å². The average molecular weight is 302 g/mol. The Bertz CT molecular complexity index is 308. The number of aromatic nitrogens is 3. The Balaban J connectivity index is 0. The topological polar surface area (TPSA) is 38.7 Å². The first-order valence-corrected chi connectivity index (χ1v) is 5.31. The first kappa shape index (κ1) is 20.3. The molecule has 20 heavy (non-hydrogen) atoms. The SMILES string of the molecule is C.[Cr+3].[c-]1ccccn1.[c-]1ccccn1.[c-]1ccccn1. The van der Waals surface area contributed by atoms with Crippen molar-refractivity contribution in [1.82, 2.24) is 15.0 Å². The summed E-state index contributed by atoms with van der Waals surface area (Å²) in [5.74, 6) is 0. The van der Waals surface area contributed by atoms with Crippen molar-refractivity contribution < 1.29 is 17.4 Å². The molecular weight excluding hydrogens is 286 g/mol. The van der Waals surface area contributed by atoms with E-state index in [1.54, 1.807) is 36.8 Å². The van der Waals surface area contributed by atoms with Gasteiger partial charge in [0, 0.05) is 0 Å². The molecule has 3 rings (SSSR count). The van der Waals surface area contributed by atoms with Gasteiger partial charge in [-0.15, -0.1) is 0 Å². The van der Waals surface area contributed by atoms with E-state index in [9.17, 15) is 0 Å². The third kappa shape index (κ3) is 14.0. The van der Waals surface area contributed by atoms with Crippen molar-refractivity contribution in [3.8, 4) is 0 Å². The molecule has 3 nitrogen and oxygen atoms in total. The van der Waals surface area contributed by atoms with Crippen LogP contribution in [0.3, 0.4) is 0 Å². The monoisotopic (exact) mass is 302 g/mol. The third-order valence-corrected chi connectivity index (χ3v) is 1.55. The fourth-order valence-corrected chi connectivity index (χ4v) is 0.832. The molecule has 3 aromatic heterocycles. The van der Waals surface area contributed by atoms with Crippen molar-refractivity contribution in [3.63, 3.8) is 0 Å². The Labute approximate surface area is 131 Å². The summed E-state index contributed by atoms with van der Waals surface area (Å²) in [6.45, 7) is 0. The van der Waals surface area contributed by atoms with Gasteiger partial charge in [-0.1, -0.05) is 44.6 Å². The molecule has 0 fully saturated rings. The van der Waals surface area contributed by atoms with E-state index in [1.807, 2.05) is 36.4 Å². The normalized spacial score (nSPS) is 7.20. The van der Waals surface area contributed by atoms with Gasteiger partial charge in [0.15, 0.2) is 0 Å². The van der Waals surface area contributed by atoms with Gasteiger partial charge in [0.05, 0.1) is 0 Å². The minimum absolute atomic E-state index is 0. The van der Waals surface area contributed by atoms with Gasteiger partial charge < -0.3 is 15.0 Å². The molecule has 0 aliphatic heterocycles. The first-order valence-electron chi connectivity index (χ1n) is 5.31.